The van der Waals surface area contributed by atoms with Crippen molar-refractivity contribution in [2.75, 3.05) is 26.1 Å². The molecule has 0 spiro atoms. The number of benzene rings is 3. The first-order valence-corrected chi connectivity index (χ1v) is 13.8. The van der Waals surface area contributed by atoms with Crippen LogP contribution in [0.4, 0.5) is 5.69 Å². The van der Waals surface area contributed by atoms with E-state index in [9.17, 15) is 14.4 Å². The monoisotopic (exact) mass is 557 g/mol. The molecule has 9 heteroatoms. The van der Waals surface area contributed by atoms with Crippen molar-refractivity contribution in [1.82, 2.24) is 10.2 Å². The Bertz CT molecular complexity index is 1410. The number of hydrogen-bond donors (Lipinski definition) is 2. The minimum absolute atomic E-state index is 0.0742. The van der Waals surface area contributed by atoms with E-state index in [0.29, 0.717) is 41.2 Å². The second kappa shape index (κ2) is 12.4. The minimum atomic E-state index is -0.373. The molecule has 0 unspecified atom stereocenters. The first kappa shape index (κ1) is 28.2. The maximum atomic E-state index is 13.5. The molecule has 0 radical (unpaired) electrons. The summed E-state index contributed by atoms with van der Waals surface area (Å²) < 4.78 is 17.6. The summed E-state index contributed by atoms with van der Waals surface area (Å²) in [5.41, 5.74) is 2.33. The zero-order valence-corrected chi connectivity index (χ0v) is 23.5. The van der Waals surface area contributed by atoms with Gasteiger partial charge < -0.3 is 29.7 Å². The number of hydrogen-bond acceptors (Lipinski definition) is 6. The number of nitrogens with zero attached hydrogens (tertiary/aromatic N) is 1. The summed E-state index contributed by atoms with van der Waals surface area (Å²) in [6.07, 6.45) is 0.937. The lowest BCUT2D eigenvalue weighted by Gasteiger charge is -2.42. The third-order valence-electron chi connectivity index (χ3n) is 7.69. The molecule has 2 aliphatic rings. The highest BCUT2D eigenvalue weighted by atomic mass is 16.5. The number of nitrogens with one attached hydrogen (secondary N) is 2. The molecule has 1 fully saturated rings. The molecule has 3 aromatic carbocycles. The second-order valence-corrected chi connectivity index (χ2v) is 10.5. The smallest absolute Gasteiger partial charge is 0.257 e. The van der Waals surface area contributed by atoms with Crippen LogP contribution in [0.25, 0.3) is 0 Å². The number of rotatable bonds is 7. The van der Waals surface area contributed by atoms with Crippen LogP contribution in [0.3, 0.4) is 0 Å². The Kier molecular flexibility index (Phi) is 8.54. The van der Waals surface area contributed by atoms with Crippen LogP contribution < -0.4 is 20.1 Å². The molecule has 214 valence electrons. The molecule has 41 heavy (non-hydrogen) atoms. The van der Waals surface area contributed by atoms with E-state index in [2.05, 4.69) is 10.6 Å². The van der Waals surface area contributed by atoms with E-state index in [0.717, 1.165) is 5.56 Å². The SMILES string of the molecule is COc1cccc(C(=O)Nc2ccc3c(c2)C(=O)N(C)[C@H]2CC[C@@H](CC(=O)N[C@@H](C)c4ccccc4)O[C@H]2CO3)c1. The standard InChI is InChI=1S/C32H35N3O6/c1-20(21-8-5-4-6-9-21)33-30(36)18-25-13-14-27-29(41-25)19-40-28-15-12-23(17-26(28)32(38)35(27)2)34-31(37)22-10-7-11-24(16-22)39-3/h4-12,15-17,20,25,27,29H,13-14,18-19H2,1-3H3,(H,33,36)(H,34,37)/t20-,25-,27-,29-/m0/s1. The fourth-order valence-corrected chi connectivity index (χ4v) is 5.41. The first-order valence-electron chi connectivity index (χ1n) is 13.8. The lowest BCUT2D eigenvalue weighted by molar-refractivity contribution is -0.134. The van der Waals surface area contributed by atoms with Gasteiger partial charge in [0, 0.05) is 18.3 Å². The van der Waals surface area contributed by atoms with Crippen LogP contribution in [0.15, 0.2) is 72.8 Å². The molecule has 2 aliphatic heterocycles. The van der Waals surface area contributed by atoms with Crippen molar-refractivity contribution >= 4 is 23.4 Å². The number of carbonyl (C=O) groups excluding carboxylic acids is 3. The van der Waals surface area contributed by atoms with Gasteiger partial charge in [-0.25, -0.2) is 0 Å². The van der Waals surface area contributed by atoms with Gasteiger partial charge in [0.1, 0.15) is 24.2 Å². The number of methoxy groups -OCH3 is 1. The van der Waals surface area contributed by atoms with E-state index in [-0.39, 0.29) is 55.0 Å². The van der Waals surface area contributed by atoms with Crippen LogP contribution >= 0.6 is 0 Å². The third-order valence-corrected chi connectivity index (χ3v) is 7.69. The highest BCUT2D eigenvalue weighted by Crippen LogP contribution is 2.33. The van der Waals surface area contributed by atoms with Gasteiger partial charge in [0.2, 0.25) is 5.91 Å². The Morgan fingerprint density at radius 1 is 1.05 bits per heavy atom. The summed E-state index contributed by atoms with van der Waals surface area (Å²) in [7, 11) is 3.30. The Morgan fingerprint density at radius 3 is 2.63 bits per heavy atom. The van der Waals surface area contributed by atoms with Gasteiger partial charge in [-0.1, -0.05) is 36.4 Å². The van der Waals surface area contributed by atoms with Gasteiger partial charge in [0.15, 0.2) is 0 Å². The van der Waals surface area contributed by atoms with E-state index >= 15 is 0 Å². The average Bonchev–Trinajstić information content (AvgIpc) is 2.99. The zero-order valence-electron chi connectivity index (χ0n) is 23.5. The predicted octanol–water partition coefficient (Wildman–Crippen LogP) is 4.60. The molecule has 2 heterocycles. The highest BCUT2D eigenvalue weighted by molar-refractivity contribution is 6.05. The molecule has 0 bridgehead atoms. The van der Waals surface area contributed by atoms with Gasteiger partial charge in [-0.05, 0) is 61.7 Å². The fraction of sp³-hybridized carbons (Fsp3) is 0.344. The van der Waals surface area contributed by atoms with E-state index in [1.165, 1.54) is 0 Å². The molecule has 2 N–H and O–H groups in total. The van der Waals surface area contributed by atoms with E-state index < -0.39 is 0 Å². The maximum absolute atomic E-state index is 13.5. The van der Waals surface area contributed by atoms with E-state index in [1.807, 2.05) is 37.3 Å². The van der Waals surface area contributed by atoms with Crippen LogP contribution in [0, 0.1) is 0 Å². The fourth-order valence-electron chi connectivity index (χ4n) is 5.41. The molecule has 3 amide bonds. The maximum Gasteiger partial charge on any atom is 0.257 e. The lowest BCUT2D eigenvalue weighted by Crippen LogP contribution is -2.54. The highest BCUT2D eigenvalue weighted by Gasteiger charge is 2.39. The molecule has 3 aromatic rings. The van der Waals surface area contributed by atoms with Crippen molar-refractivity contribution in [2.45, 2.75) is 50.5 Å². The predicted molar refractivity (Wildman–Crippen MR) is 154 cm³/mol. The van der Waals surface area contributed by atoms with Crippen molar-refractivity contribution in [3.8, 4) is 11.5 Å². The van der Waals surface area contributed by atoms with Crippen molar-refractivity contribution in [2.24, 2.45) is 0 Å². The molecule has 4 atom stereocenters. The molecular weight excluding hydrogens is 522 g/mol. The molecule has 0 aromatic heterocycles. The van der Waals surface area contributed by atoms with E-state index in [1.54, 1.807) is 61.5 Å². The minimum Gasteiger partial charge on any atom is -0.497 e. The lowest BCUT2D eigenvalue weighted by atomic mass is 9.94. The van der Waals surface area contributed by atoms with Crippen LogP contribution in [-0.2, 0) is 9.53 Å². The number of anilines is 1. The number of ether oxygens (including phenoxy) is 3. The van der Waals surface area contributed by atoms with Crippen molar-refractivity contribution in [3.63, 3.8) is 0 Å². The van der Waals surface area contributed by atoms with Crippen molar-refractivity contribution in [3.05, 3.63) is 89.5 Å². The summed E-state index contributed by atoms with van der Waals surface area (Å²) in [5.74, 6) is 0.388. The summed E-state index contributed by atoms with van der Waals surface area (Å²) in [5, 5.41) is 5.90. The van der Waals surface area contributed by atoms with Crippen molar-refractivity contribution in [1.29, 1.82) is 0 Å². The van der Waals surface area contributed by atoms with Gasteiger partial charge >= 0.3 is 0 Å². The number of likely N-dealkylation sites (N-methyl/N-ethyl adjacent to an activating group) is 1. The molecule has 1 saturated heterocycles. The van der Waals surface area contributed by atoms with Gasteiger partial charge in [-0.3, -0.25) is 14.4 Å². The summed E-state index contributed by atoms with van der Waals surface area (Å²) in [4.78, 5) is 40.8. The molecule has 5 rings (SSSR count). The van der Waals surface area contributed by atoms with Gasteiger partial charge in [0.05, 0.1) is 37.3 Å². The Morgan fingerprint density at radius 2 is 1.85 bits per heavy atom. The van der Waals surface area contributed by atoms with Gasteiger partial charge in [-0.2, -0.15) is 0 Å². The van der Waals surface area contributed by atoms with Crippen LogP contribution in [0.2, 0.25) is 0 Å². The summed E-state index contributed by atoms with van der Waals surface area (Å²) in [6.45, 7) is 2.20. The van der Waals surface area contributed by atoms with Gasteiger partial charge in [0.25, 0.3) is 11.8 Å². The topological polar surface area (TPSA) is 106 Å². The Hall–Kier alpha value is -4.37. The number of amides is 3. The Labute approximate surface area is 239 Å². The summed E-state index contributed by atoms with van der Waals surface area (Å²) >= 11 is 0. The average molecular weight is 558 g/mol. The molecule has 0 aliphatic carbocycles. The Balaban J connectivity index is 1.23. The number of carbonyl (C=O) groups is 3. The summed E-state index contributed by atoms with van der Waals surface area (Å²) in [6, 6.07) is 21.4. The molecule has 0 saturated carbocycles. The van der Waals surface area contributed by atoms with Crippen LogP contribution in [0.5, 0.6) is 11.5 Å². The molecule has 9 nitrogen and oxygen atoms in total. The zero-order chi connectivity index (χ0) is 28.9. The van der Waals surface area contributed by atoms with Crippen LogP contribution in [0.1, 0.15) is 58.5 Å². The second-order valence-electron chi connectivity index (χ2n) is 10.5. The quantitative estimate of drug-likeness (QED) is 0.440. The number of fused-ring (bicyclic) bond motifs is 2. The van der Waals surface area contributed by atoms with Crippen molar-refractivity contribution < 1.29 is 28.6 Å². The normalized spacial score (nSPS) is 20.8. The largest absolute Gasteiger partial charge is 0.497 e. The van der Waals surface area contributed by atoms with Gasteiger partial charge in [-0.15, -0.1) is 0 Å². The van der Waals surface area contributed by atoms with E-state index in [4.69, 9.17) is 14.2 Å². The third kappa shape index (κ3) is 6.52. The van der Waals surface area contributed by atoms with Crippen LogP contribution in [-0.4, -0.2) is 61.6 Å². The first-order chi connectivity index (χ1) is 19.8. The molecular formula is C32H35N3O6.